The molecule has 0 aliphatic carbocycles. The van der Waals surface area contributed by atoms with Crippen molar-refractivity contribution in [3.05, 3.63) is 86.5 Å². The lowest BCUT2D eigenvalue weighted by molar-refractivity contribution is 0.357. The Labute approximate surface area is 321 Å². The maximum atomic E-state index is 7.37. The summed E-state index contributed by atoms with van der Waals surface area (Å²) in [5.74, 6) is 2.69. The van der Waals surface area contributed by atoms with Gasteiger partial charge in [0, 0.05) is 39.3 Å². The van der Waals surface area contributed by atoms with Gasteiger partial charge >= 0.3 is 8.60 Å². The highest BCUT2D eigenvalue weighted by molar-refractivity contribution is 7.43. The van der Waals surface area contributed by atoms with E-state index in [2.05, 4.69) is 189 Å². The second-order valence-electron chi connectivity index (χ2n) is 22.8. The minimum Gasteiger partial charge on any atom is -0.408 e. The molecule has 3 nitrogen and oxygen atoms in total. The van der Waals surface area contributed by atoms with Crippen LogP contribution in [0.2, 0.25) is 0 Å². The number of fused-ring (bicyclic) bond motifs is 2. The van der Waals surface area contributed by atoms with Crippen molar-refractivity contribution in [3.8, 4) is 17.2 Å². The molecule has 3 aromatic carbocycles. The van der Waals surface area contributed by atoms with E-state index >= 15 is 0 Å². The van der Waals surface area contributed by atoms with Crippen LogP contribution in [0.25, 0.3) is 0 Å². The van der Waals surface area contributed by atoms with Crippen molar-refractivity contribution in [1.29, 1.82) is 0 Å². The van der Waals surface area contributed by atoms with E-state index < -0.39 is 8.60 Å². The predicted molar refractivity (Wildman–Crippen MR) is 227 cm³/mol. The number of hydrogen-bond donors (Lipinski definition) is 0. The fourth-order valence-electron chi connectivity index (χ4n) is 6.85. The molecule has 0 spiro atoms. The van der Waals surface area contributed by atoms with Crippen LogP contribution in [0.1, 0.15) is 208 Å². The fourth-order valence-corrected chi connectivity index (χ4v) is 8.01. The van der Waals surface area contributed by atoms with Crippen molar-refractivity contribution < 1.29 is 13.6 Å². The minimum atomic E-state index is -1.95. The van der Waals surface area contributed by atoms with Crippen molar-refractivity contribution in [1.82, 2.24) is 0 Å². The van der Waals surface area contributed by atoms with Crippen LogP contribution in [0, 0.1) is 0 Å². The summed E-state index contributed by atoms with van der Waals surface area (Å²) < 4.78 is 22.0. The summed E-state index contributed by atoms with van der Waals surface area (Å²) in [5.41, 5.74) is 10.2. The zero-order chi connectivity index (χ0) is 39.9. The molecule has 52 heavy (non-hydrogen) atoms. The van der Waals surface area contributed by atoms with Gasteiger partial charge in [0.25, 0.3) is 0 Å². The molecule has 0 aromatic heterocycles. The Balaban J connectivity index is 2.19. The lowest BCUT2D eigenvalue weighted by Crippen LogP contribution is -2.25. The second kappa shape index (κ2) is 13.4. The SMILES string of the molecule is CC1c2cc(C(C)(C)C)cc(C(C)(C)C)c2OP(Oc2c(C(C)(C)C)cc(C(C)(C)C)cc2C(C)(C)C)Oc2c1cc(C(C)(C)C)cc2C(C)(C)C. The van der Waals surface area contributed by atoms with Gasteiger partial charge in [-0.3, -0.25) is 0 Å². The van der Waals surface area contributed by atoms with Crippen molar-refractivity contribution in [2.75, 3.05) is 0 Å². The Kier molecular flexibility index (Phi) is 10.8. The zero-order valence-corrected chi connectivity index (χ0v) is 38.1. The summed E-state index contributed by atoms with van der Waals surface area (Å²) in [6.07, 6.45) is 0. The first-order chi connectivity index (χ1) is 23.1. The smallest absolute Gasteiger partial charge is 0.408 e. The number of rotatable bonds is 2. The van der Waals surface area contributed by atoms with E-state index in [0.717, 1.165) is 17.2 Å². The van der Waals surface area contributed by atoms with E-state index in [0.29, 0.717) is 0 Å². The molecule has 0 unspecified atom stereocenters. The first kappa shape index (κ1) is 42.2. The van der Waals surface area contributed by atoms with Crippen LogP contribution in [0.3, 0.4) is 0 Å². The zero-order valence-electron chi connectivity index (χ0n) is 37.2. The van der Waals surface area contributed by atoms with Gasteiger partial charge in [-0.2, -0.15) is 0 Å². The van der Waals surface area contributed by atoms with Crippen LogP contribution in [0.5, 0.6) is 17.2 Å². The lowest BCUT2D eigenvalue weighted by Gasteiger charge is -2.37. The van der Waals surface area contributed by atoms with E-state index in [1.807, 2.05) is 0 Å². The molecule has 0 atom stereocenters. The van der Waals surface area contributed by atoms with Gasteiger partial charge in [-0.05, 0) is 54.6 Å². The molecule has 3 aromatic rings. The molecule has 0 saturated carbocycles. The third-order valence-corrected chi connectivity index (χ3v) is 11.6. The molecular formula is C48H73O3P. The van der Waals surface area contributed by atoms with Crippen molar-refractivity contribution >= 4 is 8.60 Å². The standard InChI is InChI=1S/C48H73O3P/c1-29-33-23-30(42(2,3)4)25-35(45(11,12)13)39(33)49-52(50-40-34(29)24-31(43(5,6)7)26-36(40)46(14,15)16)51-41-37(47(17,18)19)27-32(44(8,9)10)28-38(41)48(20,21)22/h23-29H,1-22H3. The first-order valence-electron chi connectivity index (χ1n) is 19.5. The fraction of sp³-hybridized carbons (Fsp3) is 0.625. The highest BCUT2D eigenvalue weighted by Crippen LogP contribution is 2.57. The van der Waals surface area contributed by atoms with Gasteiger partial charge in [-0.25, -0.2) is 0 Å². The van der Waals surface area contributed by atoms with Gasteiger partial charge in [-0.15, -0.1) is 0 Å². The molecule has 4 rings (SSSR count). The molecular weight excluding hydrogens is 655 g/mol. The normalized spacial score (nSPS) is 17.7. The van der Waals surface area contributed by atoms with E-state index in [-0.39, 0.29) is 43.8 Å². The molecule has 0 radical (unpaired) electrons. The second-order valence-corrected chi connectivity index (χ2v) is 23.7. The molecule has 0 saturated heterocycles. The Morgan fingerprint density at radius 3 is 0.942 bits per heavy atom. The Morgan fingerprint density at radius 2 is 0.673 bits per heavy atom. The molecule has 0 amide bonds. The lowest BCUT2D eigenvalue weighted by atomic mass is 9.74. The van der Waals surface area contributed by atoms with Crippen LogP contribution in [0.4, 0.5) is 0 Å². The molecule has 288 valence electrons. The largest absolute Gasteiger partial charge is 0.530 e. The van der Waals surface area contributed by atoms with Crippen molar-refractivity contribution in [3.63, 3.8) is 0 Å². The summed E-state index contributed by atoms with van der Waals surface area (Å²) in [6, 6.07) is 14.3. The Bertz CT molecular complexity index is 1680. The molecule has 1 aliphatic heterocycles. The van der Waals surface area contributed by atoms with Crippen molar-refractivity contribution in [2.45, 2.75) is 196 Å². The predicted octanol–water partition coefficient (Wildman–Crippen LogP) is 15.0. The van der Waals surface area contributed by atoms with Crippen LogP contribution in [-0.4, -0.2) is 0 Å². The average Bonchev–Trinajstić information content (AvgIpc) is 2.92. The molecule has 0 N–H and O–H groups in total. The summed E-state index contributed by atoms with van der Waals surface area (Å²) in [4.78, 5) is 0. The highest BCUT2D eigenvalue weighted by atomic mass is 31.2. The van der Waals surface area contributed by atoms with Crippen LogP contribution < -0.4 is 13.6 Å². The van der Waals surface area contributed by atoms with Crippen molar-refractivity contribution in [2.24, 2.45) is 0 Å². The summed E-state index contributed by atoms with van der Waals surface area (Å²) in [6.45, 7) is 50.5. The first-order valence-corrected chi connectivity index (χ1v) is 20.6. The van der Waals surface area contributed by atoms with Gasteiger partial charge in [-0.1, -0.05) is 189 Å². The number of benzene rings is 3. The van der Waals surface area contributed by atoms with Gasteiger partial charge in [0.2, 0.25) is 0 Å². The highest BCUT2D eigenvalue weighted by Gasteiger charge is 2.40. The van der Waals surface area contributed by atoms with E-state index in [9.17, 15) is 0 Å². The topological polar surface area (TPSA) is 27.7 Å². The Hall–Kier alpha value is -2.51. The summed E-state index contributed by atoms with van der Waals surface area (Å²) >= 11 is 0. The van der Waals surface area contributed by atoms with E-state index in [1.165, 1.54) is 50.1 Å². The molecule has 0 fully saturated rings. The van der Waals surface area contributed by atoms with Crippen LogP contribution in [0.15, 0.2) is 36.4 Å². The molecule has 1 heterocycles. The van der Waals surface area contributed by atoms with Crippen LogP contribution in [-0.2, 0) is 37.9 Å². The molecule has 4 heteroatoms. The number of hydrogen-bond acceptors (Lipinski definition) is 3. The molecule has 1 aliphatic rings. The summed E-state index contributed by atoms with van der Waals surface area (Å²) in [5, 5.41) is 0. The maximum Gasteiger partial charge on any atom is 0.530 e. The van der Waals surface area contributed by atoms with Crippen LogP contribution >= 0.6 is 8.60 Å². The summed E-state index contributed by atoms with van der Waals surface area (Å²) in [7, 11) is -1.95. The van der Waals surface area contributed by atoms with E-state index in [1.54, 1.807) is 0 Å². The Morgan fingerprint density at radius 1 is 0.404 bits per heavy atom. The quantitative estimate of drug-likeness (QED) is 0.246. The average molecular weight is 729 g/mol. The van der Waals surface area contributed by atoms with Gasteiger partial charge in [0.05, 0.1) is 0 Å². The van der Waals surface area contributed by atoms with E-state index in [4.69, 9.17) is 13.6 Å². The van der Waals surface area contributed by atoms with Gasteiger partial charge in [0.15, 0.2) is 0 Å². The molecule has 0 bridgehead atoms. The maximum absolute atomic E-state index is 7.37. The monoisotopic (exact) mass is 729 g/mol. The third-order valence-electron chi connectivity index (χ3n) is 10.6. The third kappa shape index (κ3) is 8.88. The van der Waals surface area contributed by atoms with Gasteiger partial charge < -0.3 is 13.6 Å². The van der Waals surface area contributed by atoms with Gasteiger partial charge in [0.1, 0.15) is 17.2 Å². The minimum absolute atomic E-state index is 0.0234.